The van der Waals surface area contributed by atoms with Crippen molar-refractivity contribution in [1.29, 1.82) is 0 Å². The molecule has 0 aromatic heterocycles. The average Bonchev–Trinajstić information content (AvgIpc) is 2.16. The highest BCUT2D eigenvalue weighted by atomic mass is 16.2. The van der Waals surface area contributed by atoms with Gasteiger partial charge in [-0.3, -0.25) is 0 Å². The molecule has 0 aliphatic rings. The van der Waals surface area contributed by atoms with E-state index in [1.807, 2.05) is 45.0 Å². The summed E-state index contributed by atoms with van der Waals surface area (Å²) in [6.07, 6.45) is 1.01. The summed E-state index contributed by atoms with van der Waals surface area (Å²) in [5.74, 6) is 0. The third kappa shape index (κ3) is 4.34. The van der Waals surface area contributed by atoms with E-state index in [-0.39, 0.29) is 11.6 Å². The van der Waals surface area contributed by atoms with Gasteiger partial charge in [0.1, 0.15) is 0 Å². The van der Waals surface area contributed by atoms with E-state index < -0.39 is 0 Å². The first kappa shape index (κ1) is 12.6. The van der Waals surface area contributed by atoms with Crippen LogP contribution in [-0.2, 0) is 6.42 Å². The summed E-state index contributed by atoms with van der Waals surface area (Å²) in [6, 6.07) is 7.71. The molecule has 0 saturated carbocycles. The van der Waals surface area contributed by atoms with Crippen molar-refractivity contribution in [1.82, 2.24) is 5.32 Å². The van der Waals surface area contributed by atoms with E-state index in [2.05, 4.69) is 17.6 Å². The van der Waals surface area contributed by atoms with Gasteiger partial charge in [-0.25, -0.2) is 4.79 Å². The van der Waals surface area contributed by atoms with E-state index >= 15 is 0 Å². The van der Waals surface area contributed by atoms with Crippen LogP contribution in [0.15, 0.2) is 24.3 Å². The average molecular weight is 220 g/mol. The van der Waals surface area contributed by atoms with Gasteiger partial charge in [0.25, 0.3) is 0 Å². The molecule has 0 saturated heterocycles. The number of carbonyl (C=O) groups excluding carboxylic acids is 1. The highest BCUT2D eigenvalue weighted by Crippen LogP contribution is 2.10. The van der Waals surface area contributed by atoms with Crippen LogP contribution < -0.4 is 10.6 Å². The minimum absolute atomic E-state index is 0.170. The van der Waals surface area contributed by atoms with Crippen molar-refractivity contribution in [3.63, 3.8) is 0 Å². The maximum absolute atomic E-state index is 11.6. The molecule has 88 valence electrons. The predicted octanol–water partition coefficient (Wildman–Crippen LogP) is 3.17. The van der Waals surface area contributed by atoms with Crippen molar-refractivity contribution in [2.45, 2.75) is 39.7 Å². The van der Waals surface area contributed by atoms with E-state index in [1.165, 1.54) is 5.56 Å². The fourth-order valence-corrected chi connectivity index (χ4v) is 1.33. The second kappa shape index (κ2) is 5.01. The van der Waals surface area contributed by atoms with Crippen LogP contribution in [0.25, 0.3) is 0 Å². The molecule has 16 heavy (non-hydrogen) atoms. The maximum Gasteiger partial charge on any atom is 0.319 e. The molecule has 0 atom stereocenters. The number of hydrogen-bond donors (Lipinski definition) is 2. The Bertz CT molecular complexity index is 349. The number of anilines is 1. The standard InChI is InChI=1S/C13H20N2O/c1-5-10-6-8-11(9-7-10)14-12(16)15-13(2,3)4/h6-9H,5H2,1-4H3,(H2,14,15,16). The van der Waals surface area contributed by atoms with Crippen LogP contribution in [0, 0.1) is 0 Å². The highest BCUT2D eigenvalue weighted by molar-refractivity contribution is 5.89. The van der Waals surface area contributed by atoms with Crippen molar-refractivity contribution < 1.29 is 4.79 Å². The molecule has 3 nitrogen and oxygen atoms in total. The topological polar surface area (TPSA) is 41.1 Å². The van der Waals surface area contributed by atoms with E-state index in [0.29, 0.717) is 0 Å². The van der Waals surface area contributed by atoms with Gasteiger partial charge in [0.2, 0.25) is 0 Å². The monoisotopic (exact) mass is 220 g/mol. The molecule has 0 spiro atoms. The quantitative estimate of drug-likeness (QED) is 0.789. The molecule has 0 unspecified atom stereocenters. The third-order valence-electron chi connectivity index (χ3n) is 2.11. The van der Waals surface area contributed by atoms with Crippen LogP contribution in [0.5, 0.6) is 0 Å². The lowest BCUT2D eigenvalue weighted by Gasteiger charge is -2.20. The Morgan fingerprint density at radius 1 is 1.19 bits per heavy atom. The number of carbonyl (C=O) groups is 1. The molecule has 3 heteroatoms. The second-order valence-electron chi connectivity index (χ2n) is 4.88. The number of amides is 2. The zero-order valence-electron chi connectivity index (χ0n) is 10.4. The summed E-state index contributed by atoms with van der Waals surface area (Å²) < 4.78 is 0. The summed E-state index contributed by atoms with van der Waals surface area (Å²) in [6.45, 7) is 7.96. The normalized spacial score (nSPS) is 11.0. The van der Waals surface area contributed by atoms with Gasteiger partial charge in [-0.2, -0.15) is 0 Å². The minimum atomic E-state index is -0.215. The van der Waals surface area contributed by atoms with Crippen molar-refractivity contribution >= 4 is 11.7 Å². The first-order valence-corrected chi connectivity index (χ1v) is 5.59. The van der Waals surface area contributed by atoms with Crippen molar-refractivity contribution in [2.75, 3.05) is 5.32 Å². The number of nitrogens with one attached hydrogen (secondary N) is 2. The summed E-state index contributed by atoms with van der Waals surface area (Å²) in [5.41, 5.74) is 1.87. The van der Waals surface area contributed by atoms with Gasteiger partial charge in [-0.1, -0.05) is 19.1 Å². The van der Waals surface area contributed by atoms with Crippen LogP contribution >= 0.6 is 0 Å². The molecule has 0 aliphatic carbocycles. The lowest BCUT2D eigenvalue weighted by atomic mass is 10.1. The zero-order valence-corrected chi connectivity index (χ0v) is 10.4. The fourth-order valence-electron chi connectivity index (χ4n) is 1.33. The molecule has 1 aromatic rings. The van der Waals surface area contributed by atoms with Crippen LogP contribution in [0.2, 0.25) is 0 Å². The van der Waals surface area contributed by atoms with Crippen LogP contribution in [0.3, 0.4) is 0 Å². The van der Waals surface area contributed by atoms with Crippen LogP contribution in [0.1, 0.15) is 33.3 Å². The number of hydrogen-bond acceptors (Lipinski definition) is 1. The molecule has 2 amide bonds. The SMILES string of the molecule is CCc1ccc(NC(=O)NC(C)(C)C)cc1. The first-order chi connectivity index (χ1) is 7.40. The molecule has 2 N–H and O–H groups in total. The van der Waals surface area contributed by atoms with Crippen LogP contribution in [-0.4, -0.2) is 11.6 Å². The molecular formula is C13H20N2O. The van der Waals surface area contributed by atoms with Gasteiger partial charge < -0.3 is 10.6 Å². The van der Waals surface area contributed by atoms with Crippen molar-refractivity contribution in [3.05, 3.63) is 29.8 Å². The van der Waals surface area contributed by atoms with Gasteiger partial charge in [-0.15, -0.1) is 0 Å². The Balaban J connectivity index is 2.56. The maximum atomic E-state index is 11.6. The molecule has 0 fully saturated rings. The number of urea groups is 1. The molecule has 0 radical (unpaired) electrons. The summed E-state index contributed by atoms with van der Waals surface area (Å²) in [4.78, 5) is 11.6. The Morgan fingerprint density at radius 3 is 2.19 bits per heavy atom. The third-order valence-corrected chi connectivity index (χ3v) is 2.11. The molecule has 1 rings (SSSR count). The van der Waals surface area contributed by atoms with Gasteiger partial charge in [0.05, 0.1) is 0 Å². The predicted molar refractivity (Wildman–Crippen MR) is 67.7 cm³/mol. The smallest absolute Gasteiger partial charge is 0.319 e. The largest absolute Gasteiger partial charge is 0.333 e. The Morgan fingerprint density at radius 2 is 1.75 bits per heavy atom. The lowest BCUT2D eigenvalue weighted by molar-refractivity contribution is 0.244. The number of aryl methyl sites for hydroxylation is 1. The Hall–Kier alpha value is -1.51. The summed E-state index contributed by atoms with van der Waals surface area (Å²) >= 11 is 0. The van der Waals surface area contributed by atoms with E-state index in [1.54, 1.807) is 0 Å². The van der Waals surface area contributed by atoms with Crippen molar-refractivity contribution in [2.24, 2.45) is 0 Å². The second-order valence-corrected chi connectivity index (χ2v) is 4.88. The first-order valence-electron chi connectivity index (χ1n) is 5.59. The summed E-state index contributed by atoms with van der Waals surface area (Å²) in [5, 5.41) is 5.65. The molecule has 0 aliphatic heterocycles. The lowest BCUT2D eigenvalue weighted by Crippen LogP contribution is -2.43. The van der Waals surface area contributed by atoms with E-state index in [9.17, 15) is 4.79 Å². The van der Waals surface area contributed by atoms with E-state index in [0.717, 1.165) is 12.1 Å². The van der Waals surface area contributed by atoms with Crippen LogP contribution in [0.4, 0.5) is 10.5 Å². The Kier molecular flexibility index (Phi) is 3.93. The van der Waals surface area contributed by atoms with Gasteiger partial charge in [-0.05, 0) is 44.9 Å². The Labute approximate surface area is 97.2 Å². The number of rotatable bonds is 2. The summed E-state index contributed by atoms with van der Waals surface area (Å²) in [7, 11) is 0. The van der Waals surface area contributed by atoms with Crippen molar-refractivity contribution in [3.8, 4) is 0 Å². The van der Waals surface area contributed by atoms with Gasteiger partial charge >= 0.3 is 6.03 Å². The zero-order chi connectivity index (χ0) is 12.2. The van der Waals surface area contributed by atoms with E-state index in [4.69, 9.17) is 0 Å². The molecule has 0 bridgehead atoms. The highest BCUT2D eigenvalue weighted by Gasteiger charge is 2.13. The molecular weight excluding hydrogens is 200 g/mol. The van der Waals surface area contributed by atoms with Gasteiger partial charge in [0, 0.05) is 11.2 Å². The number of benzene rings is 1. The van der Waals surface area contributed by atoms with Gasteiger partial charge in [0.15, 0.2) is 0 Å². The minimum Gasteiger partial charge on any atom is -0.333 e. The molecule has 0 heterocycles. The fraction of sp³-hybridized carbons (Fsp3) is 0.462. The molecule has 1 aromatic carbocycles.